The predicted molar refractivity (Wildman–Crippen MR) is 56.4 cm³/mol. The summed E-state index contributed by atoms with van der Waals surface area (Å²) in [6, 6.07) is 1.88. The smallest absolute Gasteiger partial charge is 0.352 e. The van der Waals surface area contributed by atoms with E-state index < -0.39 is 17.8 Å². The summed E-state index contributed by atoms with van der Waals surface area (Å²) in [6.07, 6.45) is -1.35. The van der Waals surface area contributed by atoms with Crippen LogP contribution in [0, 0.1) is 0 Å². The second-order valence-corrected chi connectivity index (χ2v) is 3.26. The highest BCUT2D eigenvalue weighted by Gasteiger charge is 2.32. The SMILES string of the molecule is C=CCCNC(=O)c1ccc(C(F)(F)F)nc1. The summed E-state index contributed by atoms with van der Waals surface area (Å²) in [7, 11) is 0. The number of hydrogen-bond donors (Lipinski definition) is 1. The maximum atomic E-state index is 12.2. The molecule has 0 saturated heterocycles. The Labute approximate surface area is 96.4 Å². The van der Waals surface area contributed by atoms with Crippen molar-refractivity contribution < 1.29 is 18.0 Å². The first-order chi connectivity index (χ1) is 7.95. The highest BCUT2D eigenvalue weighted by molar-refractivity contribution is 5.93. The average Bonchev–Trinajstić information content (AvgIpc) is 2.28. The minimum Gasteiger partial charge on any atom is -0.352 e. The number of nitrogens with one attached hydrogen (secondary N) is 1. The van der Waals surface area contributed by atoms with Gasteiger partial charge in [-0.05, 0) is 18.6 Å². The zero-order valence-corrected chi connectivity index (χ0v) is 8.92. The molecule has 0 aliphatic rings. The number of aromatic nitrogens is 1. The van der Waals surface area contributed by atoms with E-state index in [9.17, 15) is 18.0 Å². The predicted octanol–water partition coefficient (Wildman–Crippen LogP) is 2.41. The third kappa shape index (κ3) is 3.90. The molecule has 92 valence electrons. The van der Waals surface area contributed by atoms with Gasteiger partial charge in [0, 0.05) is 12.7 Å². The summed E-state index contributed by atoms with van der Waals surface area (Å²) < 4.78 is 36.6. The Morgan fingerprint density at radius 3 is 2.65 bits per heavy atom. The second-order valence-electron chi connectivity index (χ2n) is 3.26. The van der Waals surface area contributed by atoms with Gasteiger partial charge in [-0.2, -0.15) is 13.2 Å². The number of carbonyl (C=O) groups excluding carboxylic acids is 1. The molecular formula is C11H11F3N2O. The number of amides is 1. The first kappa shape index (κ1) is 13.2. The molecule has 6 heteroatoms. The molecule has 0 aliphatic heterocycles. The van der Waals surface area contributed by atoms with Crippen LogP contribution in [0.1, 0.15) is 22.5 Å². The van der Waals surface area contributed by atoms with Crippen molar-refractivity contribution in [1.29, 1.82) is 0 Å². The van der Waals surface area contributed by atoms with E-state index in [0.717, 1.165) is 18.3 Å². The minimum atomic E-state index is -4.49. The molecule has 17 heavy (non-hydrogen) atoms. The summed E-state index contributed by atoms with van der Waals surface area (Å²) >= 11 is 0. The Balaban J connectivity index is 2.67. The molecule has 0 spiro atoms. The van der Waals surface area contributed by atoms with E-state index in [1.165, 1.54) is 0 Å². The Morgan fingerprint density at radius 2 is 2.18 bits per heavy atom. The maximum Gasteiger partial charge on any atom is 0.433 e. The van der Waals surface area contributed by atoms with E-state index in [0.29, 0.717) is 13.0 Å². The van der Waals surface area contributed by atoms with E-state index in [-0.39, 0.29) is 5.56 Å². The van der Waals surface area contributed by atoms with Crippen LogP contribution < -0.4 is 5.32 Å². The number of alkyl halides is 3. The fourth-order valence-corrected chi connectivity index (χ4v) is 1.09. The van der Waals surface area contributed by atoms with Crippen molar-refractivity contribution in [3.63, 3.8) is 0 Å². The van der Waals surface area contributed by atoms with Crippen LogP contribution in [0.4, 0.5) is 13.2 Å². The lowest BCUT2D eigenvalue weighted by atomic mass is 10.2. The van der Waals surface area contributed by atoms with Crippen molar-refractivity contribution in [2.75, 3.05) is 6.54 Å². The molecule has 0 unspecified atom stereocenters. The molecule has 1 N–H and O–H groups in total. The molecule has 0 aromatic carbocycles. The van der Waals surface area contributed by atoms with E-state index in [4.69, 9.17) is 0 Å². The van der Waals surface area contributed by atoms with Crippen LogP contribution in [0.2, 0.25) is 0 Å². The van der Waals surface area contributed by atoms with Gasteiger partial charge < -0.3 is 5.32 Å². The molecule has 0 atom stereocenters. The monoisotopic (exact) mass is 244 g/mol. The van der Waals surface area contributed by atoms with Crippen LogP contribution in [0.5, 0.6) is 0 Å². The van der Waals surface area contributed by atoms with Gasteiger partial charge in [0.25, 0.3) is 5.91 Å². The summed E-state index contributed by atoms with van der Waals surface area (Å²) in [5, 5.41) is 2.53. The van der Waals surface area contributed by atoms with Crippen LogP contribution in [-0.2, 0) is 6.18 Å². The van der Waals surface area contributed by atoms with Crippen LogP contribution >= 0.6 is 0 Å². The highest BCUT2D eigenvalue weighted by Crippen LogP contribution is 2.27. The summed E-state index contributed by atoms with van der Waals surface area (Å²) in [6.45, 7) is 3.87. The van der Waals surface area contributed by atoms with Crippen LogP contribution in [0.25, 0.3) is 0 Å². The topological polar surface area (TPSA) is 42.0 Å². The van der Waals surface area contributed by atoms with E-state index in [2.05, 4.69) is 16.9 Å². The van der Waals surface area contributed by atoms with Crippen molar-refractivity contribution in [2.45, 2.75) is 12.6 Å². The van der Waals surface area contributed by atoms with Gasteiger partial charge in [0.15, 0.2) is 0 Å². The first-order valence-corrected chi connectivity index (χ1v) is 4.87. The minimum absolute atomic E-state index is 0.0991. The molecule has 1 rings (SSSR count). The van der Waals surface area contributed by atoms with Crippen LogP contribution in [0.3, 0.4) is 0 Å². The lowest BCUT2D eigenvalue weighted by molar-refractivity contribution is -0.141. The van der Waals surface area contributed by atoms with Gasteiger partial charge in [-0.3, -0.25) is 9.78 Å². The molecule has 1 aromatic heterocycles. The number of carbonyl (C=O) groups is 1. The highest BCUT2D eigenvalue weighted by atomic mass is 19.4. The van der Waals surface area contributed by atoms with E-state index in [1.807, 2.05) is 0 Å². The molecule has 3 nitrogen and oxygen atoms in total. The molecule has 0 bridgehead atoms. The van der Waals surface area contributed by atoms with Crippen molar-refractivity contribution in [3.8, 4) is 0 Å². The zero-order chi connectivity index (χ0) is 12.9. The van der Waals surface area contributed by atoms with Crippen molar-refractivity contribution in [2.24, 2.45) is 0 Å². The maximum absolute atomic E-state index is 12.2. The van der Waals surface area contributed by atoms with Gasteiger partial charge in [0.2, 0.25) is 0 Å². The Kier molecular flexibility index (Phi) is 4.25. The van der Waals surface area contributed by atoms with Gasteiger partial charge >= 0.3 is 6.18 Å². The van der Waals surface area contributed by atoms with E-state index >= 15 is 0 Å². The molecule has 1 heterocycles. The lowest BCUT2D eigenvalue weighted by Gasteiger charge is -2.06. The molecule has 0 aliphatic carbocycles. The fraction of sp³-hybridized carbons (Fsp3) is 0.273. The lowest BCUT2D eigenvalue weighted by Crippen LogP contribution is -2.24. The number of nitrogens with zero attached hydrogens (tertiary/aromatic N) is 1. The zero-order valence-electron chi connectivity index (χ0n) is 8.92. The Morgan fingerprint density at radius 1 is 1.47 bits per heavy atom. The quantitative estimate of drug-likeness (QED) is 0.652. The average molecular weight is 244 g/mol. The van der Waals surface area contributed by atoms with E-state index in [1.54, 1.807) is 6.08 Å². The number of rotatable bonds is 4. The van der Waals surface area contributed by atoms with Gasteiger partial charge in [0.1, 0.15) is 5.69 Å². The number of halogens is 3. The fourth-order valence-electron chi connectivity index (χ4n) is 1.09. The number of hydrogen-bond acceptors (Lipinski definition) is 2. The molecule has 0 radical (unpaired) electrons. The Bertz CT molecular complexity index is 398. The van der Waals surface area contributed by atoms with Crippen LogP contribution in [-0.4, -0.2) is 17.4 Å². The van der Waals surface area contributed by atoms with Crippen LogP contribution in [0.15, 0.2) is 31.0 Å². The van der Waals surface area contributed by atoms with Crippen molar-refractivity contribution in [1.82, 2.24) is 10.3 Å². The first-order valence-electron chi connectivity index (χ1n) is 4.87. The van der Waals surface area contributed by atoms with Gasteiger partial charge in [-0.25, -0.2) is 0 Å². The molecular weight excluding hydrogens is 233 g/mol. The summed E-state index contributed by atoms with van der Waals surface area (Å²) in [5.74, 6) is -0.451. The normalized spacial score (nSPS) is 11.0. The molecule has 0 saturated carbocycles. The Hall–Kier alpha value is -1.85. The molecule has 1 aromatic rings. The van der Waals surface area contributed by atoms with Crippen molar-refractivity contribution >= 4 is 5.91 Å². The second kappa shape index (κ2) is 5.47. The van der Waals surface area contributed by atoms with Gasteiger partial charge in [-0.1, -0.05) is 6.08 Å². The summed E-state index contributed by atoms with van der Waals surface area (Å²) in [5.41, 5.74) is -0.915. The molecule has 1 amide bonds. The third-order valence-electron chi connectivity index (χ3n) is 1.95. The van der Waals surface area contributed by atoms with Crippen molar-refractivity contribution in [3.05, 3.63) is 42.2 Å². The number of pyridine rings is 1. The van der Waals surface area contributed by atoms with Gasteiger partial charge in [0.05, 0.1) is 5.56 Å². The largest absolute Gasteiger partial charge is 0.433 e. The van der Waals surface area contributed by atoms with Gasteiger partial charge in [-0.15, -0.1) is 6.58 Å². The third-order valence-corrected chi connectivity index (χ3v) is 1.95. The summed E-state index contributed by atoms with van der Waals surface area (Å²) in [4.78, 5) is 14.6. The molecule has 0 fully saturated rings. The standard InChI is InChI=1S/C11H11F3N2O/c1-2-3-6-15-10(17)8-4-5-9(16-7-8)11(12,13)14/h2,4-5,7H,1,3,6H2,(H,15,17).